The van der Waals surface area contributed by atoms with Crippen LogP contribution in [-0.2, 0) is 19.7 Å². The molecule has 0 heterocycles. The first-order valence-electron chi connectivity index (χ1n) is 8.32. The Morgan fingerprint density at radius 3 is 2.35 bits per heavy atom. The molecule has 0 amide bonds. The van der Waals surface area contributed by atoms with Gasteiger partial charge in [0, 0.05) is 13.0 Å². The molecule has 0 saturated heterocycles. The number of nitrogens with two attached hydrogens (primary N) is 1. The van der Waals surface area contributed by atoms with Crippen LogP contribution < -0.4 is 10.2 Å². The van der Waals surface area contributed by atoms with Gasteiger partial charge in [-0.05, 0) is 56.5 Å². The van der Waals surface area contributed by atoms with E-state index >= 15 is 0 Å². The van der Waals surface area contributed by atoms with Crippen molar-refractivity contribution in [2.75, 3.05) is 10.8 Å². The second-order valence-electron chi connectivity index (χ2n) is 6.20. The number of carbonyl (C=O) groups excluding carboxylic acids is 1. The van der Waals surface area contributed by atoms with Gasteiger partial charge in [-0.1, -0.05) is 29.8 Å². The molecule has 26 heavy (non-hydrogen) atoms. The van der Waals surface area contributed by atoms with Crippen molar-refractivity contribution in [2.45, 2.75) is 38.5 Å². The number of anilines is 1. The average Bonchev–Trinajstić information content (AvgIpc) is 2.61. The van der Waals surface area contributed by atoms with Crippen LogP contribution in [0.3, 0.4) is 0 Å². The van der Waals surface area contributed by atoms with Crippen LogP contribution in [0, 0.1) is 20.8 Å². The van der Waals surface area contributed by atoms with Gasteiger partial charge in [-0.3, -0.25) is 9.10 Å². The number of nitrogens with zero attached hydrogens (tertiary/aromatic N) is 1. The third kappa shape index (κ3) is 4.42. The molecule has 2 rings (SSSR count). The monoisotopic (exact) mass is 376 g/mol. The molecular formula is C19H24N2O4S. The lowest BCUT2D eigenvalue weighted by molar-refractivity contribution is -0.144. The predicted molar refractivity (Wildman–Crippen MR) is 101 cm³/mol. The van der Waals surface area contributed by atoms with Gasteiger partial charge in [0.25, 0.3) is 10.0 Å². The molecular weight excluding hydrogens is 352 g/mol. The maximum atomic E-state index is 13.2. The first kappa shape index (κ1) is 19.9. The van der Waals surface area contributed by atoms with Crippen molar-refractivity contribution in [3.63, 3.8) is 0 Å². The highest BCUT2D eigenvalue weighted by Crippen LogP contribution is 2.29. The molecule has 0 fully saturated rings. The molecule has 0 aliphatic carbocycles. The van der Waals surface area contributed by atoms with Crippen LogP contribution in [0.4, 0.5) is 5.69 Å². The molecule has 140 valence electrons. The molecule has 0 saturated carbocycles. The first-order valence-corrected chi connectivity index (χ1v) is 9.76. The molecule has 6 nitrogen and oxygen atoms in total. The second-order valence-corrected chi connectivity index (χ2v) is 8.06. The van der Waals surface area contributed by atoms with Crippen LogP contribution >= 0.6 is 0 Å². The molecule has 2 N–H and O–H groups in total. The smallest absolute Gasteiger partial charge is 0.324 e. The topological polar surface area (TPSA) is 89.7 Å². The highest BCUT2D eigenvalue weighted by atomic mass is 32.2. The summed E-state index contributed by atoms with van der Waals surface area (Å²) in [5.41, 5.74) is 3.46. The molecule has 7 heteroatoms. The molecule has 0 aliphatic heterocycles. The quantitative estimate of drug-likeness (QED) is 0.750. The zero-order valence-corrected chi connectivity index (χ0v) is 16.0. The molecule has 0 unspecified atom stereocenters. The fraction of sp³-hybridized carbons (Fsp3) is 0.316. The molecule has 2 aromatic rings. The van der Waals surface area contributed by atoms with E-state index in [0.29, 0.717) is 12.1 Å². The van der Waals surface area contributed by atoms with Crippen LogP contribution in [0.2, 0.25) is 0 Å². The van der Waals surface area contributed by atoms with E-state index < -0.39 is 16.0 Å². The molecule has 0 aromatic heterocycles. The van der Waals surface area contributed by atoms with Gasteiger partial charge in [0.15, 0.2) is 0 Å². The number of aryl methyl sites for hydroxylation is 2. The van der Waals surface area contributed by atoms with Gasteiger partial charge < -0.3 is 4.84 Å². The van der Waals surface area contributed by atoms with Crippen molar-refractivity contribution >= 4 is 21.7 Å². The SMILES string of the molecule is Cc1ccc(S(=O)(=O)N(CCCC(=O)ON)c2cccc(C)c2C)cc1. The lowest BCUT2D eigenvalue weighted by atomic mass is 10.1. The summed E-state index contributed by atoms with van der Waals surface area (Å²) >= 11 is 0. The number of hydrogen-bond acceptors (Lipinski definition) is 5. The summed E-state index contributed by atoms with van der Waals surface area (Å²) in [6.07, 6.45) is 0.343. The molecule has 0 atom stereocenters. The Morgan fingerprint density at radius 1 is 1.08 bits per heavy atom. The van der Waals surface area contributed by atoms with E-state index in [9.17, 15) is 13.2 Å². The van der Waals surface area contributed by atoms with Crippen molar-refractivity contribution in [3.05, 3.63) is 59.2 Å². The van der Waals surface area contributed by atoms with Crippen molar-refractivity contribution in [1.29, 1.82) is 0 Å². The molecule has 2 aromatic carbocycles. The van der Waals surface area contributed by atoms with Crippen molar-refractivity contribution in [1.82, 2.24) is 0 Å². The normalized spacial score (nSPS) is 11.2. The lowest BCUT2D eigenvalue weighted by Gasteiger charge is -2.26. The Bertz CT molecular complexity index is 877. The number of carbonyl (C=O) groups is 1. The highest BCUT2D eigenvalue weighted by molar-refractivity contribution is 7.92. The average molecular weight is 376 g/mol. The van der Waals surface area contributed by atoms with Gasteiger partial charge in [-0.25, -0.2) is 8.42 Å². The minimum atomic E-state index is -3.76. The van der Waals surface area contributed by atoms with Gasteiger partial charge in [0.1, 0.15) is 0 Å². The van der Waals surface area contributed by atoms with Gasteiger partial charge >= 0.3 is 5.97 Å². The maximum Gasteiger partial charge on any atom is 0.324 e. The van der Waals surface area contributed by atoms with Crippen LogP contribution in [0.25, 0.3) is 0 Å². The first-order chi connectivity index (χ1) is 12.3. The summed E-state index contributed by atoms with van der Waals surface area (Å²) in [6, 6.07) is 12.2. The van der Waals surface area contributed by atoms with Crippen molar-refractivity contribution in [3.8, 4) is 0 Å². The number of rotatable bonds is 7. The van der Waals surface area contributed by atoms with Crippen molar-refractivity contribution < 1.29 is 18.0 Å². The minimum absolute atomic E-state index is 0.0429. The number of hydrogen-bond donors (Lipinski definition) is 1. The Labute approximate surface area is 154 Å². The van der Waals surface area contributed by atoms with E-state index in [0.717, 1.165) is 16.7 Å². The summed E-state index contributed by atoms with van der Waals surface area (Å²) in [7, 11) is -3.76. The van der Waals surface area contributed by atoms with E-state index in [4.69, 9.17) is 5.90 Å². The summed E-state index contributed by atoms with van der Waals surface area (Å²) in [5.74, 6) is 4.28. The molecule has 0 spiro atoms. The molecule has 0 radical (unpaired) electrons. The zero-order valence-electron chi connectivity index (χ0n) is 15.2. The lowest BCUT2D eigenvalue weighted by Crippen LogP contribution is -2.33. The Hall–Kier alpha value is -2.38. The second kappa shape index (κ2) is 8.33. The van der Waals surface area contributed by atoms with E-state index in [1.54, 1.807) is 30.3 Å². The van der Waals surface area contributed by atoms with Gasteiger partial charge in [0.2, 0.25) is 0 Å². The summed E-state index contributed by atoms with van der Waals surface area (Å²) < 4.78 is 27.8. The fourth-order valence-corrected chi connectivity index (χ4v) is 4.20. The van der Waals surface area contributed by atoms with Crippen LogP contribution in [0.5, 0.6) is 0 Å². The molecule has 0 bridgehead atoms. The Kier molecular flexibility index (Phi) is 6.39. The summed E-state index contributed by atoms with van der Waals surface area (Å²) in [4.78, 5) is 15.7. The van der Waals surface area contributed by atoms with E-state index in [1.165, 1.54) is 4.31 Å². The molecule has 0 aliphatic rings. The highest BCUT2D eigenvalue weighted by Gasteiger charge is 2.26. The minimum Gasteiger partial charge on any atom is -0.373 e. The predicted octanol–water partition coefficient (Wildman–Crippen LogP) is 3.00. The van der Waals surface area contributed by atoms with Gasteiger partial charge in [0.05, 0.1) is 10.6 Å². The van der Waals surface area contributed by atoms with E-state index in [1.807, 2.05) is 32.9 Å². The van der Waals surface area contributed by atoms with Gasteiger partial charge in [-0.15, -0.1) is 0 Å². The van der Waals surface area contributed by atoms with Crippen molar-refractivity contribution in [2.24, 2.45) is 5.90 Å². The third-order valence-corrected chi connectivity index (χ3v) is 6.15. The summed E-state index contributed by atoms with van der Waals surface area (Å²) in [5, 5.41) is 0. The largest absolute Gasteiger partial charge is 0.373 e. The Balaban J connectivity index is 2.43. The van der Waals surface area contributed by atoms with Crippen LogP contribution in [-0.4, -0.2) is 20.9 Å². The van der Waals surface area contributed by atoms with Gasteiger partial charge in [-0.2, -0.15) is 5.90 Å². The Morgan fingerprint density at radius 2 is 1.73 bits per heavy atom. The summed E-state index contributed by atoms with van der Waals surface area (Å²) in [6.45, 7) is 5.87. The standard InChI is InChI=1S/C19H24N2O4S/c1-14-9-11-17(12-10-14)26(23,24)21(13-5-8-19(22)25-20)18-7-4-6-15(2)16(18)3/h4,6-7,9-12H,5,8,13,20H2,1-3H3. The van der Waals surface area contributed by atoms with E-state index in [2.05, 4.69) is 4.84 Å². The number of sulfonamides is 1. The third-order valence-electron chi connectivity index (χ3n) is 4.33. The van der Waals surface area contributed by atoms with Crippen LogP contribution in [0.1, 0.15) is 29.5 Å². The zero-order chi connectivity index (χ0) is 19.3. The number of benzene rings is 2. The van der Waals surface area contributed by atoms with Crippen LogP contribution in [0.15, 0.2) is 47.4 Å². The fourth-order valence-electron chi connectivity index (χ4n) is 2.64. The maximum absolute atomic E-state index is 13.2. The van der Waals surface area contributed by atoms with E-state index in [-0.39, 0.29) is 17.9 Å².